The number of ether oxygens (including phenoxy) is 1. The lowest BCUT2D eigenvalue weighted by Gasteiger charge is -2.33. The van der Waals surface area contributed by atoms with Crippen LogP contribution in [0.25, 0.3) is 0 Å². The second-order valence-electron chi connectivity index (χ2n) is 6.00. The fourth-order valence-electron chi connectivity index (χ4n) is 3.44. The maximum atomic E-state index is 13.2. The predicted octanol–water partition coefficient (Wildman–Crippen LogP) is 2.20. The van der Waals surface area contributed by atoms with Gasteiger partial charge in [0.05, 0.1) is 0 Å². The third-order valence-corrected chi connectivity index (χ3v) is 4.73. The van der Waals surface area contributed by atoms with Gasteiger partial charge >= 0.3 is 12.1 Å². The number of carboxylic acids is 1. The number of alkyl halides is 3. The van der Waals surface area contributed by atoms with Crippen LogP contribution in [0.5, 0.6) is 0 Å². The molecule has 0 spiro atoms. The number of amides is 1. The van der Waals surface area contributed by atoms with Gasteiger partial charge in [-0.25, -0.2) is 0 Å². The summed E-state index contributed by atoms with van der Waals surface area (Å²) in [5, 5.41) is 9.04. The maximum absolute atomic E-state index is 13.2. The Morgan fingerprint density at radius 1 is 1.23 bits per heavy atom. The molecule has 1 amide bonds. The normalized spacial score (nSPS) is 28.1. The molecule has 5 nitrogen and oxygen atoms in total. The summed E-state index contributed by atoms with van der Waals surface area (Å²) in [5.41, 5.74) is -3.94. The van der Waals surface area contributed by atoms with Crippen LogP contribution in [0.3, 0.4) is 0 Å². The monoisotopic (exact) mass is 323 g/mol. The van der Waals surface area contributed by atoms with Crippen molar-refractivity contribution in [1.29, 1.82) is 0 Å². The van der Waals surface area contributed by atoms with Crippen LogP contribution in [-0.2, 0) is 14.3 Å². The molecule has 1 heterocycles. The van der Waals surface area contributed by atoms with Gasteiger partial charge in [0.1, 0.15) is 5.60 Å². The van der Waals surface area contributed by atoms with Crippen molar-refractivity contribution in [2.75, 3.05) is 19.7 Å². The number of carbonyl (C=O) groups excluding carboxylic acids is 1. The lowest BCUT2D eigenvalue weighted by Crippen LogP contribution is -2.52. The number of hydrogen-bond acceptors (Lipinski definition) is 3. The van der Waals surface area contributed by atoms with Crippen LogP contribution in [-0.4, -0.2) is 53.4 Å². The van der Waals surface area contributed by atoms with E-state index in [1.807, 2.05) is 0 Å². The second kappa shape index (κ2) is 5.72. The highest BCUT2D eigenvalue weighted by Crippen LogP contribution is 2.47. The van der Waals surface area contributed by atoms with Crippen molar-refractivity contribution >= 4 is 11.9 Å². The molecule has 1 saturated carbocycles. The van der Waals surface area contributed by atoms with E-state index in [0.717, 1.165) is 17.7 Å². The molecule has 2 aliphatic rings. The number of hydrogen-bond donors (Lipinski definition) is 1. The first kappa shape index (κ1) is 17.1. The minimum absolute atomic E-state index is 0.209. The Hall–Kier alpha value is -1.31. The fourth-order valence-corrected chi connectivity index (χ4v) is 3.44. The molecule has 1 aliphatic heterocycles. The molecular weight excluding hydrogens is 303 g/mol. The minimum Gasteiger partial charge on any atom is -0.481 e. The minimum atomic E-state index is -4.89. The molecule has 0 radical (unpaired) electrons. The average molecular weight is 323 g/mol. The molecule has 0 aromatic carbocycles. The van der Waals surface area contributed by atoms with Crippen molar-refractivity contribution in [3.05, 3.63) is 0 Å². The number of halogens is 3. The first-order chi connectivity index (χ1) is 10.2. The van der Waals surface area contributed by atoms with E-state index in [9.17, 15) is 22.8 Å². The topological polar surface area (TPSA) is 66.8 Å². The molecule has 2 fully saturated rings. The summed E-state index contributed by atoms with van der Waals surface area (Å²) in [6, 6.07) is 0. The molecule has 2 rings (SSSR count). The highest BCUT2D eigenvalue weighted by atomic mass is 19.4. The SMILES string of the molecule is CCOC1(C(=O)N2CCC(C(=O)O)(C(F)(F)F)C2)CCCC1. The van der Waals surface area contributed by atoms with E-state index < -0.39 is 42.0 Å². The van der Waals surface area contributed by atoms with Gasteiger partial charge in [-0.2, -0.15) is 13.2 Å². The predicted molar refractivity (Wildman–Crippen MR) is 70.1 cm³/mol. The molecule has 0 aromatic heterocycles. The zero-order valence-corrected chi connectivity index (χ0v) is 12.4. The van der Waals surface area contributed by atoms with Gasteiger partial charge in [0, 0.05) is 19.7 Å². The molecule has 1 unspecified atom stereocenters. The van der Waals surface area contributed by atoms with Crippen LogP contribution in [0, 0.1) is 5.41 Å². The number of rotatable bonds is 4. The average Bonchev–Trinajstić information content (AvgIpc) is 3.05. The van der Waals surface area contributed by atoms with Crippen molar-refractivity contribution in [2.24, 2.45) is 5.41 Å². The van der Waals surface area contributed by atoms with Gasteiger partial charge in [-0.1, -0.05) is 0 Å². The van der Waals surface area contributed by atoms with E-state index in [-0.39, 0.29) is 6.54 Å². The Morgan fingerprint density at radius 3 is 2.23 bits per heavy atom. The largest absolute Gasteiger partial charge is 0.481 e. The van der Waals surface area contributed by atoms with Crippen molar-refractivity contribution < 1.29 is 32.6 Å². The van der Waals surface area contributed by atoms with E-state index in [2.05, 4.69) is 0 Å². The van der Waals surface area contributed by atoms with Crippen molar-refractivity contribution in [1.82, 2.24) is 4.90 Å². The highest BCUT2D eigenvalue weighted by molar-refractivity contribution is 5.87. The number of likely N-dealkylation sites (tertiary alicyclic amines) is 1. The Kier molecular flexibility index (Phi) is 4.43. The van der Waals surface area contributed by atoms with Crippen LogP contribution in [0.4, 0.5) is 13.2 Å². The van der Waals surface area contributed by atoms with Crippen LogP contribution < -0.4 is 0 Å². The van der Waals surface area contributed by atoms with Crippen molar-refractivity contribution in [3.8, 4) is 0 Å². The molecule has 126 valence electrons. The van der Waals surface area contributed by atoms with Crippen LogP contribution in [0.2, 0.25) is 0 Å². The quantitative estimate of drug-likeness (QED) is 0.861. The highest BCUT2D eigenvalue weighted by Gasteiger charge is 2.65. The summed E-state index contributed by atoms with van der Waals surface area (Å²) in [7, 11) is 0. The lowest BCUT2D eigenvalue weighted by atomic mass is 9.86. The lowest BCUT2D eigenvalue weighted by molar-refractivity contribution is -0.227. The third kappa shape index (κ3) is 2.57. The fraction of sp³-hybridized carbons (Fsp3) is 0.857. The van der Waals surface area contributed by atoms with E-state index in [0.29, 0.717) is 19.4 Å². The van der Waals surface area contributed by atoms with Crippen LogP contribution >= 0.6 is 0 Å². The van der Waals surface area contributed by atoms with E-state index in [1.54, 1.807) is 6.92 Å². The zero-order chi connectivity index (χ0) is 16.6. The first-order valence-corrected chi connectivity index (χ1v) is 7.42. The van der Waals surface area contributed by atoms with Gasteiger partial charge < -0.3 is 14.7 Å². The molecule has 0 bridgehead atoms. The van der Waals surface area contributed by atoms with Crippen LogP contribution in [0.1, 0.15) is 39.0 Å². The number of carboxylic acid groups (broad SMARTS) is 1. The third-order valence-electron chi connectivity index (χ3n) is 4.73. The Bertz CT molecular complexity index is 459. The van der Waals surface area contributed by atoms with Gasteiger partial charge in [0.25, 0.3) is 5.91 Å². The van der Waals surface area contributed by atoms with E-state index >= 15 is 0 Å². The smallest absolute Gasteiger partial charge is 0.406 e. The molecule has 22 heavy (non-hydrogen) atoms. The Balaban J connectivity index is 2.21. The van der Waals surface area contributed by atoms with Crippen molar-refractivity contribution in [2.45, 2.75) is 50.8 Å². The molecule has 1 saturated heterocycles. The van der Waals surface area contributed by atoms with Gasteiger partial charge in [-0.15, -0.1) is 0 Å². The summed E-state index contributed by atoms with van der Waals surface area (Å²) >= 11 is 0. The second-order valence-corrected chi connectivity index (χ2v) is 6.00. The maximum Gasteiger partial charge on any atom is 0.406 e. The molecule has 8 heteroatoms. The van der Waals surface area contributed by atoms with Gasteiger partial charge in [0.2, 0.25) is 0 Å². The van der Waals surface area contributed by atoms with E-state index in [4.69, 9.17) is 9.84 Å². The molecule has 1 atom stereocenters. The standard InChI is InChI=1S/C14H20F3NO4/c1-2-22-13(5-3-4-6-13)10(19)18-8-7-12(9-18,11(20)21)14(15,16)17/h2-9H2,1H3,(H,20,21). The van der Waals surface area contributed by atoms with Crippen molar-refractivity contribution in [3.63, 3.8) is 0 Å². The van der Waals surface area contributed by atoms with Gasteiger partial charge in [-0.3, -0.25) is 9.59 Å². The summed E-state index contributed by atoms with van der Waals surface area (Å²) in [6.45, 7) is 0.983. The van der Waals surface area contributed by atoms with Crippen LogP contribution in [0.15, 0.2) is 0 Å². The molecule has 1 aliphatic carbocycles. The molecule has 1 N–H and O–H groups in total. The number of carbonyl (C=O) groups is 2. The summed E-state index contributed by atoms with van der Waals surface area (Å²) in [5.74, 6) is -2.42. The zero-order valence-electron chi connectivity index (χ0n) is 12.4. The summed E-state index contributed by atoms with van der Waals surface area (Å²) in [6.07, 6.45) is -2.99. The summed E-state index contributed by atoms with van der Waals surface area (Å²) in [4.78, 5) is 24.8. The molecule has 0 aromatic rings. The summed E-state index contributed by atoms with van der Waals surface area (Å²) < 4.78 is 45.1. The molecular formula is C14H20F3NO4. The Labute approximate surface area is 126 Å². The van der Waals surface area contributed by atoms with E-state index in [1.165, 1.54) is 0 Å². The number of nitrogens with zero attached hydrogens (tertiary/aromatic N) is 1. The Morgan fingerprint density at radius 2 is 1.82 bits per heavy atom. The van der Waals surface area contributed by atoms with Gasteiger partial charge in [-0.05, 0) is 39.0 Å². The van der Waals surface area contributed by atoms with Gasteiger partial charge in [0.15, 0.2) is 5.41 Å². The number of aliphatic carboxylic acids is 1. The first-order valence-electron chi connectivity index (χ1n) is 7.42.